The van der Waals surface area contributed by atoms with Crippen molar-refractivity contribution in [1.29, 1.82) is 0 Å². The second-order valence-corrected chi connectivity index (χ2v) is 3.54. The number of benzene rings is 1. The zero-order valence-electron chi connectivity index (χ0n) is 9.00. The highest BCUT2D eigenvalue weighted by molar-refractivity contribution is 5.95. The lowest BCUT2D eigenvalue weighted by Gasteiger charge is -2.27. The molecule has 4 nitrogen and oxygen atoms in total. The van der Waals surface area contributed by atoms with Crippen LogP contribution in [0.1, 0.15) is 0 Å². The van der Waals surface area contributed by atoms with Gasteiger partial charge < -0.3 is 15.0 Å². The number of nitrogens with zero attached hydrogens (tertiary/aromatic N) is 1. The van der Waals surface area contributed by atoms with E-state index in [9.17, 15) is 9.18 Å². The molecule has 1 aromatic rings. The number of amides is 1. The third kappa shape index (κ3) is 1.99. The van der Waals surface area contributed by atoms with Gasteiger partial charge in [0, 0.05) is 19.2 Å². The smallest absolute Gasteiger partial charge is 0.241 e. The van der Waals surface area contributed by atoms with Crippen molar-refractivity contribution in [3.63, 3.8) is 0 Å². The Balaban J connectivity index is 2.33. The molecular formula is C11H13FN2O2. The summed E-state index contributed by atoms with van der Waals surface area (Å²) in [6.07, 6.45) is 0. The van der Waals surface area contributed by atoms with Crippen molar-refractivity contribution in [2.45, 2.75) is 0 Å². The summed E-state index contributed by atoms with van der Waals surface area (Å²) in [6, 6.07) is 4.38. The minimum Gasteiger partial charge on any atom is -0.497 e. The Hall–Kier alpha value is -1.62. The van der Waals surface area contributed by atoms with Crippen molar-refractivity contribution in [3.05, 3.63) is 24.0 Å². The molecule has 2 rings (SSSR count). The van der Waals surface area contributed by atoms with Gasteiger partial charge in [-0.2, -0.15) is 0 Å². The molecule has 1 heterocycles. The van der Waals surface area contributed by atoms with Crippen LogP contribution in [0.5, 0.6) is 5.75 Å². The fourth-order valence-corrected chi connectivity index (χ4v) is 1.69. The van der Waals surface area contributed by atoms with Crippen molar-refractivity contribution < 1.29 is 13.9 Å². The van der Waals surface area contributed by atoms with Crippen LogP contribution in [0.15, 0.2) is 18.2 Å². The van der Waals surface area contributed by atoms with E-state index in [1.54, 1.807) is 6.07 Å². The molecule has 0 bridgehead atoms. The maximum Gasteiger partial charge on any atom is 0.241 e. The molecule has 1 fully saturated rings. The van der Waals surface area contributed by atoms with E-state index in [0.717, 1.165) is 0 Å². The number of methoxy groups -OCH3 is 1. The van der Waals surface area contributed by atoms with Crippen LogP contribution in [0.4, 0.5) is 10.1 Å². The van der Waals surface area contributed by atoms with Crippen LogP contribution >= 0.6 is 0 Å². The SMILES string of the molecule is COc1ccc(F)c(N2CCNCC2=O)c1. The van der Waals surface area contributed by atoms with Crippen molar-refractivity contribution >= 4 is 11.6 Å². The summed E-state index contributed by atoms with van der Waals surface area (Å²) in [5.41, 5.74) is 0.283. The predicted molar refractivity (Wildman–Crippen MR) is 58.2 cm³/mol. The predicted octanol–water partition coefficient (Wildman–Crippen LogP) is 0.770. The van der Waals surface area contributed by atoms with Gasteiger partial charge in [0.2, 0.25) is 5.91 Å². The van der Waals surface area contributed by atoms with Crippen LogP contribution < -0.4 is 15.0 Å². The van der Waals surface area contributed by atoms with Crippen molar-refractivity contribution in [2.75, 3.05) is 31.6 Å². The first-order valence-electron chi connectivity index (χ1n) is 5.07. The van der Waals surface area contributed by atoms with E-state index in [1.165, 1.54) is 24.1 Å². The summed E-state index contributed by atoms with van der Waals surface area (Å²) in [6.45, 7) is 1.39. The van der Waals surface area contributed by atoms with Gasteiger partial charge in [0.15, 0.2) is 0 Å². The highest BCUT2D eigenvalue weighted by atomic mass is 19.1. The third-order valence-corrected chi connectivity index (χ3v) is 2.53. The topological polar surface area (TPSA) is 41.6 Å². The van der Waals surface area contributed by atoms with Crippen molar-refractivity contribution in [2.24, 2.45) is 0 Å². The molecule has 1 saturated heterocycles. The number of rotatable bonds is 2. The molecule has 1 aliphatic rings. The summed E-state index contributed by atoms with van der Waals surface area (Å²) in [5.74, 6) is 0.0113. The average Bonchev–Trinajstić information content (AvgIpc) is 2.31. The van der Waals surface area contributed by atoms with E-state index >= 15 is 0 Å². The summed E-state index contributed by atoms with van der Waals surface area (Å²) in [5, 5.41) is 2.94. The second kappa shape index (κ2) is 4.49. The minimum absolute atomic E-state index is 0.126. The molecule has 1 amide bonds. The quantitative estimate of drug-likeness (QED) is 0.806. The normalized spacial score (nSPS) is 16.4. The lowest BCUT2D eigenvalue weighted by molar-refractivity contribution is -0.118. The van der Waals surface area contributed by atoms with Gasteiger partial charge in [-0.05, 0) is 12.1 Å². The van der Waals surface area contributed by atoms with Gasteiger partial charge in [-0.1, -0.05) is 0 Å². The first kappa shape index (κ1) is 10.9. The average molecular weight is 224 g/mol. The van der Waals surface area contributed by atoms with E-state index in [1.807, 2.05) is 0 Å². The van der Waals surface area contributed by atoms with Crippen LogP contribution in [-0.2, 0) is 4.79 Å². The number of piperazine rings is 1. The minimum atomic E-state index is -0.406. The first-order chi connectivity index (χ1) is 7.72. The Morgan fingerprint density at radius 3 is 3.00 bits per heavy atom. The van der Waals surface area contributed by atoms with Gasteiger partial charge >= 0.3 is 0 Å². The molecule has 16 heavy (non-hydrogen) atoms. The van der Waals surface area contributed by atoms with E-state index < -0.39 is 5.82 Å². The Morgan fingerprint density at radius 2 is 2.31 bits per heavy atom. The molecule has 1 aliphatic heterocycles. The molecule has 5 heteroatoms. The Labute approximate surface area is 93.0 Å². The van der Waals surface area contributed by atoms with Gasteiger partial charge in [-0.3, -0.25) is 4.79 Å². The Morgan fingerprint density at radius 1 is 1.50 bits per heavy atom. The van der Waals surface area contributed by atoms with Gasteiger partial charge in [0.05, 0.1) is 19.3 Å². The van der Waals surface area contributed by atoms with Crippen molar-refractivity contribution in [1.82, 2.24) is 5.32 Å². The fraction of sp³-hybridized carbons (Fsp3) is 0.364. The molecule has 0 unspecified atom stereocenters. The molecule has 0 atom stereocenters. The molecule has 1 aromatic carbocycles. The van der Waals surface area contributed by atoms with Crippen LogP contribution in [0.25, 0.3) is 0 Å². The third-order valence-electron chi connectivity index (χ3n) is 2.53. The Bertz CT molecular complexity index is 409. The Kier molecular flexibility index (Phi) is 3.05. The molecule has 0 saturated carbocycles. The van der Waals surface area contributed by atoms with Gasteiger partial charge in [-0.25, -0.2) is 4.39 Å². The fourth-order valence-electron chi connectivity index (χ4n) is 1.69. The highest BCUT2D eigenvalue weighted by Gasteiger charge is 2.22. The number of carbonyl (C=O) groups excluding carboxylic acids is 1. The number of halogens is 1. The highest BCUT2D eigenvalue weighted by Crippen LogP contribution is 2.25. The maximum absolute atomic E-state index is 13.6. The molecule has 0 spiro atoms. The molecule has 1 N–H and O–H groups in total. The van der Waals surface area contributed by atoms with Crippen molar-refractivity contribution in [3.8, 4) is 5.75 Å². The van der Waals surface area contributed by atoms with Crippen LogP contribution in [0.2, 0.25) is 0 Å². The molecular weight excluding hydrogens is 211 g/mol. The second-order valence-electron chi connectivity index (χ2n) is 3.54. The number of hydrogen-bond donors (Lipinski definition) is 1. The lowest BCUT2D eigenvalue weighted by Crippen LogP contribution is -2.48. The number of hydrogen-bond acceptors (Lipinski definition) is 3. The van der Waals surface area contributed by atoms with E-state index in [2.05, 4.69) is 5.32 Å². The first-order valence-corrected chi connectivity index (χ1v) is 5.07. The summed E-state index contributed by atoms with van der Waals surface area (Å²) < 4.78 is 18.6. The maximum atomic E-state index is 13.6. The number of carbonyl (C=O) groups is 1. The van der Waals surface area contributed by atoms with Crippen LogP contribution in [-0.4, -0.2) is 32.7 Å². The largest absolute Gasteiger partial charge is 0.497 e. The van der Waals surface area contributed by atoms with Crippen LogP contribution in [0.3, 0.4) is 0 Å². The van der Waals surface area contributed by atoms with E-state index in [0.29, 0.717) is 18.8 Å². The lowest BCUT2D eigenvalue weighted by atomic mass is 10.2. The molecule has 0 aromatic heterocycles. The van der Waals surface area contributed by atoms with Gasteiger partial charge in [0.1, 0.15) is 11.6 Å². The van der Waals surface area contributed by atoms with Crippen LogP contribution in [0, 0.1) is 5.82 Å². The number of ether oxygens (including phenoxy) is 1. The van der Waals surface area contributed by atoms with Gasteiger partial charge in [-0.15, -0.1) is 0 Å². The summed E-state index contributed by atoms with van der Waals surface area (Å²) in [7, 11) is 1.51. The number of nitrogens with one attached hydrogen (secondary N) is 1. The van der Waals surface area contributed by atoms with Gasteiger partial charge in [0.25, 0.3) is 0 Å². The molecule has 0 aliphatic carbocycles. The number of anilines is 1. The molecule has 86 valence electrons. The zero-order valence-corrected chi connectivity index (χ0v) is 9.00. The zero-order chi connectivity index (χ0) is 11.5. The van der Waals surface area contributed by atoms with E-state index in [4.69, 9.17) is 4.74 Å². The summed E-state index contributed by atoms with van der Waals surface area (Å²) in [4.78, 5) is 13.0. The monoisotopic (exact) mass is 224 g/mol. The standard InChI is InChI=1S/C11H13FN2O2/c1-16-8-2-3-9(12)10(6-8)14-5-4-13-7-11(14)15/h2-3,6,13H,4-5,7H2,1H3. The summed E-state index contributed by atoms with van der Waals surface area (Å²) >= 11 is 0. The van der Waals surface area contributed by atoms with E-state index in [-0.39, 0.29) is 18.1 Å². The molecule has 0 radical (unpaired) electrons.